The number of nitrogens with one attached hydrogen (secondary N) is 2. The molecular weight excluding hydrogens is 420 g/mol. The van der Waals surface area contributed by atoms with Crippen molar-refractivity contribution in [3.63, 3.8) is 0 Å². The minimum atomic E-state index is -1.17. The number of nitrogens with zero attached hydrogens (tertiary/aromatic N) is 2. The van der Waals surface area contributed by atoms with Gasteiger partial charge in [-0.15, -0.1) is 0 Å². The molecule has 0 heterocycles. The lowest BCUT2D eigenvalue weighted by Gasteiger charge is -2.23. The van der Waals surface area contributed by atoms with Crippen LogP contribution in [-0.4, -0.2) is 72.6 Å². The molecule has 0 aromatic carbocycles. The summed E-state index contributed by atoms with van der Waals surface area (Å²) in [6, 6.07) is -2.99. The predicted molar refractivity (Wildman–Crippen MR) is 122 cm³/mol. The van der Waals surface area contributed by atoms with Crippen LogP contribution in [0.2, 0.25) is 0 Å². The largest absolute Gasteiger partial charge is 0.480 e. The number of aliphatic carboxylic acids is 1. The maximum atomic E-state index is 12.7. The van der Waals surface area contributed by atoms with E-state index < -0.39 is 35.9 Å². The monoisotopic (exact) mass is 458 g/mol. The fraction of sp³-hybridized carbons (Fsp3) is 0.722. The summed E-state index contributed by atoms with van der Waals surface area (Å²) in [6.45, 7) is 0.977. The van der Waals surface area contributed by atoms with E-state index in [1.165, 1.54) is 0 Å². The lowest BCUT2D eigenvalue weighted by Crippen LogP contribution is -2.54. The summed E-state index contributed by atoms with van der Waals surface area (Å²) in [6.07, 6.45) is 2.71. The molecular formula is C18H38N10O4. The van der Waals surface area contributed by atoms with Crippen LogP contribution in [0.15, 0.2) is 9.98 Å². The van der Waals surface area contributed by atoms with Crippen LogP contribution in [0.25, 0.3) is 0 Å². The smallest absolute Gasteiger partial charge is 0.326 e. The Labute approximate surface area is 187 Å². The van der Waals surface area contributed by atoms with Gasteiger partial charge in [-0.3, -0.25) is 19.6 Å². The molecule has 0 saturated carbocycles. The second-order valence-corrected chi connectivity index (χ2v) is 7.25. The van der Waals surface area contributed by atoms with Crippen molar-refractivity contribution in [2.24, 2.45) is 44.4 Å². The molecule has 0 fully saturated rings. The molecule has 0 aromatic rings. The summed E-state index contributed by atoms with van der Waals surface area (Å²) in [5.41, 5.74) is 32.4. The molecule has 0 bridgehead atoms. The van der Waals surface area contributed by atoms with E-state index in [1.807, 2.05) is 0 Å². The second-order valence-electron chi connectivity index (χ2n) is 7.25. The molecule has 15 N–H and O–H groups in total. The van der Waals surface area contributed by atoms with Gasteiger partial charge in [-0.05, 0) is 51.5 Å². The third kappa shape index (κ3) is 14.0. The zero-order valence-electron chi connectivity index (χ0n) is 18.3. The van der Waals surface area contributed by atoms with Crippen LogP contribution < -0.4 is 45.0 Å². The number of carbonyl (C=O) groups excluding carboxylic acids is 2. The molecule has 0 rings (SSSR count). The molecule has 184 valence electrons. The number of carboxylic acid groups (broad SMARTS) is 1. The third-order valence-corrected chi connectivity index (χ3v) is 4.44. The van der Waals surface area contributed by atoms with Gasteiger partial charge in [0.2, 0.25) is 11.8 Å². The van der Waals surface area contributed by atoms with E-state index in [0.717, 1.165) is 0 Å². The number of guanidine groups is 2. The fourth-order valence-corrected chi connectivity index (χ4v) is 2.72. The molecule has 0 aliphatic carbocycles. The Kier molecular flexibility index (Phi) is 14.9. The van der Waals surface area contributed by atoms with Crippen molar-refractivity contribution in [3.05, 3.63) is 0 Å². The summed E-state index contributed by atoms with van der Waals surface area (Å²) < 4.78 is 0. The van der Waals surface area contributed by atoms with Gasteiger partial charge in [0.05, 0.1) is 6.04 Å². The number of carbonyl (C=O) groups is 3. The maximum absolute atomic E-state index is 12.7. The highest BCUT2D eigenvalue weighted by molar-refractivity contribution is 5.91. The SMILES string of the molecule is NCCCCC(NC(=O)C(CCCN=C(N)N)NC(=O)C(N)CCCN=C(N)N)C(=O)O. The van der Waals surface area contributed by atoms with Crippen molar-refractivity contribution >= 4 is 29.7 Å². The number of nitrogens with two attached hydrogens (primary N) is 6. The van der Waals surface area contributed by atoms with Gasteiger partial charge in [-0.2, -0.15) is 0 Å². The van der Waals surface area contributed by atoms with Gasteiger partial charge in [0.15, 0.2) is 11.9 Å². The number of hydrogen-bond acceptors (Lipinski definition) is 7. The Hall–Kier alpha value is -3.13. The minimum Gasteiger partial charge on any atom is -0.480 e. The van der Waals surface area contributed by atoms with Crippen LogP contribution in [0.1, 0.15) is 44.9 Å². The van der Waals surface area contributed by atoms with Crippen LogP contribution in [0.4, 0.5) is 0 Å². The molecule has 0 radical (unpaired) electrons. The molecule has 2 amide bonds. The van der Waals surface area contributed by atoms with Crippen LogP contribution in [0.5, 0.6) is 0 Å². The zero-order chi connectivity index (χ0) is 24.5. The van der Waals surface area contributed by atoms with Gasteiger partial charge < -0.3 is 50.1 Å². The molecule has 0 aromatic heterocycles. The predicted octanol–water partition coefficient (Wildman–Crippen LogP) is -3.40. The first-order valence-corrected chi connectivity index (χ1v) is 10.5. The summed E-state index contributed by atoms with van der Waals surface area (Å²) in [5, 5.41) is 14.4. The molecule has 14 nitrogen and oxygen atoms in total. The quantitative estimate of drug-likeness (QED) is 0.0591. The summed E-state index contributed by atoms with van der Waals surface area (Å²) in [5.74, 6) is -2.50. The normalized spacial score (nSPS) is 13.3. The Bertz CT molecular complexity index is 648. The summed E-state index contributed by atoms with van der Waals surface area (Å²) in [7, 11) is 0. The third-order valence-electron chi connectivity index (χ3n) is 4.44. The molecule has 3 atom stereocenters. The molecule has 0 aliphatic heterocycles. The Morgan fingerprint density at radius 3 is 1.75 bits per heavy atom. The van der Waals surface area contributed by atoms with E-state index in [9.17, 15) is 19.5 Å². The first-order valence-electron chi connectivity index (χ1n) is 10.5. The summed E-state index contributed by atoms with van der Waals surface area (Å²) in [4.78, 5) is 44.3. The number of amides is 2. The molecule has 3 unspecified atom stereocenters. The topological polar surface area (TPSA) is 276 Å². The van der Waals surface area contributed by atoms with Gasteiger partial charge in [0, 0.05) is 13.1 Å². The van der Waals surface area contributed by atoms with E-state index in [1.54, 1.807) is 0 Å². The van der Waals surface area contributed by atoms with Crippen LogP contribution in [-0.2, 0) is 14.4 Å². The van der Waals surface area contributed by atoms with E-state index in [0.29, 0.717) is 45.2 Å². The molecule has 0 spiro atoms. The van der Waals surface area contributed by atoms with Gasteiger partial charge in [-0.1, -0.05) is 0 Å². The second kappa shape index (κ2) is 16.5. The first-order chi connectivity index (χ1) is 15.1. The number of aliphatic imine (C=N–C) groups is 2. The Balaban J connectivity index is 5.04. The molecule has 32 heavy (non-hydrogen) atoms. The number of rotatable bonds is 17. The highest BCUT2D eigenvalue weighted by Crippen LogP contribution is 2.05. The van der Waals surface area contributed by atoms with Crippen LogP contribution in [0.3, 0.4) is 0 Å². The maximum Gasteiger partial charge on any atom is 0.326 e. The average molecular weight is 459 g/mol. The molecule has 0 saturated heterocycles. The standard InChI is InChI=1S/C18H38N10O4/c19-8-2-1-6-13(16(31)32)28-15(30)12(7-4-10-26-18(23)24)27-14(29)11(20)5-3-9-25-17(21)22/h11-13H,1-10,19-20H2,(H,27,29)(H,28,30)(H,31,32)(H4,21,22,25)(H4,23,24,26). The molecule has 14 heteroatoms. The fourth-order valence-electron chi connectivity index (χ4n) is 2.72. The van der Waals surface area contributed by atoms with Gasteiger partial charge in [-0.25, -0.2) is 4.79 Å². The van der Waals surface area contributed by atoms with E-state index in [2.05, 4.69) is 20.6 Å². The van der Waals surface area contributed by atoms with E-state index in [-0.39, 0.29) is 31.3 Å². The molecule has 0 aliphatic rings. The first kappa shape index (κ1) is 28.9. The lowest BCUT2D eigenvalue weighted by atomic mass is 10.1. The van der Waals surface area contributed by atoms with Crippen molar-refractivity contribution in [2.75, 3.05) is 19.6 Å². The highest BCUT2D eigenvalue weighted by atomic mass is 16.4. The van der Waals surface area contributed by atoms with Crippen molar-refractivity contribution in [2.45, 2.75) is 63.1 Å². The van der Waals surface area contributed by atoms with Crippen molar-refractivity contribution < 1.29 is 19.5 Å². The van der Waals surface area contributed by atoms with Crippen molar-refractivity contribution in [1.82, 2.24) is 10.6 Å². The van der Waals surface area contributed by atoms with Crippen molar-refractivity contribution in [1.29, 1.82) is 0 Å². The average Bonchev–Trinajstić information content (AvgIpc) is 2.71. The Morgan fingerprint density at radius 1 is 0.750 bits per heavy atom. The number of unbranched alkanes of at least 4 members (excludes halogenated alkanes) is 1. The van der Waals surface area contributed by atoms with E-state index in [4.69, 9.17) is 34.4 Å². The Morgan fingerprint density at radius 2 is 1.25 bits per heavy atom. The van der Waals surface area contributed by atoms with Crippen LogP contribution in [0, 0.1) is 0 Å². The lowest BCUT2D eigenvalue weighted by molar-refractivity contribution is -0.142. The van der Waals surface area contributed by atoms with Crippen molar-refractivity contribution in [3.8, 4) is 0 Å². The van der Waals surface area contributed by atoms with E-state index >= 15 is 0 Å². The highest BCUT2D eigenvalue weighted by Gasteiger charge is 2.27. The number of hydrogen-bond donors (Lipinski definition) is 9. The van der Waals surface area contributed by atoms with Gasteiger partial charge in [0.25, 0.3) is 0 Å². The van der Waals surface area contributed by atoms with Gasteiger partial charge >= 0.3 is 5.97 Å². The zero-order valence-corrected chi connectivity index (χ0v) is 18.3. The minimum absolute atomic E-state index is 0.0556. The number of carboxylic acids is 1. The summed E-state index contributed by atoms with van der Waals surface area (Å²) >= 11 is 0. The van der Waals surface area contributed by atoms with Gasteiger partial charge in [0.1, 0.15) is 12.1 Å². The van der Waals surface area contributed by atoms with Crippen LogP contribution >= 0.6 is 0 Å².